The number of carbonyl (C=O) groups is 3. The lowest BCUT2D eigenvalue weighted by Gasteiger charge is -2.07. The fourth-order valence-corrected chi connectivity index (χ4v) is 2.93. The number of esters is 1. The number of amides is 3. The molecule has 3 amide bonds. The zero-order chi connectivity index (χ0) is 20.1. The second kappa shape index (κ2) is 8.71. The molecule has 7 nitrogen and oxygen atoms in total. The molecule has 0 atom stereocenters. The maximum atomic E-state index is 12.2. The van der Waals surface area contributed by atoms with Crippen LogP contribution in [0.25, 0.3) is 11.0 Å². The van der Waals surface area contributed by atoms with Crippen LogP contribution in [0.2, 0.25) is 0 Å². The fraction of sp³-hybridized carbons (Fsp3) is 0.150. The van der Waals surface area contributed by atoms with Crippen LogP contribution in [0.3, 0.4) is 0 Å². The summed E-state index contributed by atoms with van der Waals surface area (Å²) in [5.74, 6) is -1.49. The Hall–Kier alpha value is -3.13. The molecule has 0 radical (unpaired) electrons. The van der Waals surface area contributed by atoms with E-state index in [0.717, 1.165) is 15.4 Å². The standard InChI is InChI=1S/C20H17BrN2O5/c1-12-15-9-14(21)7-8-16(15)28-18(12)19(25)27-11-17(24)23-20(26)22-10-13-5-3-2-4-6-13/h2-9H,10-11H2,1H3,(H2,22,23,24,26). The van der Waals surface area contributed by atoms with Gasteiger partial charge in [-0.1, -0.05) is 46.3 Å². The number of nitrogens with one attached hydrogen (secondary N) is 2. The van der Waals surface area contributed by atoms with Gasteiger partial charge in [0.2, 0.25) is 5.76 Å². The van der Waals surface area contributed by atoms with Gasteiger partial charge in [-0.05, 0) is 30.7 Å². The van der Waals surface area contributed by atoms with Crippen LogP contribution in [-0.4, -0.2) is 24.5 Å². The molecule has 0 aliphatic carbocycles. The molecule has 2 aromatic carbocycles. The first-order valence-corrected chi connectivity index (χ1v) is 9.20. The molecular weight excluding hydrogens is 428 g/mol. The van der Waals surface area contributed by atoms with Crippen molar-refractivity contribution in [1.82, 2.24) is 10.6 Å². The van der Waals surface area contributed by atoms with Crippen LogP contribution in [0.4, 0.5) is 4.79 Å². The van der Waals surface area contributed by atoms with Gasteiger partial charge in [0.15, 0.2) is 6.61 Å². The summed E-state index contributed by atoms with van der Waals surface area (Å²) in [4.78, 5) is 35.8. The average molecular weight is 445 g/mol. The molecule has 2 N–H and O–H groups in total. The van der Waals surface area contributed by atoms with Crippen molar-refractivity contribution >= 4 is 44.8 Å². The molecule has 0 fully saturated rings. The third-order valence-corrected chi connectivity index (χ3v) is 4.46. The normalized spacial score (nSPS) is 10.5. The van der Waals surface area contributed by atoms with Crippen LogP contribution in [0.1, 0.15) is 21.7 Å². The number of imide groups is 1. The van der Waals surface area contributed by atoms with Crippen LogP contribution in [0.5, 0.6) is 0 Å². The quantitative estimate of drug-likeness (QED) is 0.584. The summed E-state index contributed by atoms with van der Waals surface area (Å²) in [6.45, 7) is 1.40. The van der Waals surface area contributed by atoms with Crippen LogP contribution in [0, 0.1) is 6.92 Å². The van der Waals surface area contributed by atoms with E-state index in [1.54, 1.807) is 19.1 Å². The van der Waals surface area contributed by atoms with E-state index < -0.39 is 24.5 Å². The number of fused-ring (bicyclic) bond motifs is 1. The summed E-state index contributed by atoms with van der Waals surface area (Å²) in [6.07, 6.45) is 0. The molecule has 0 bridgehead atoms. The van der Waals surface area contributed by atoms with Gasteiger partial charge in [-0.25, -0.2) is 9.59 Å². The molecule has 0 aliphatic rings. The highest BCUT2D eigenvalue weighted by Crippen LogP contribution is 2.28. The predicted octanol–water partition coefficient (Wildman–Crippen LogP) is 3.69. The number of hydrogen-bond acceptors (Lipinski definition) is 5. The van der Waals surface area contributed by atoms with Crippen molar-refractivity contribution in [1.29, 1.82) is 0 Å². The van der Waals surface area contributed by atoms with Gasteiger partial charge in [0.05, 0.1) is 0 Å². The van der Waals surface area contributed by atoms with E-state index in [1.165, 1.54) is 0 Å². The summed E-state index contributed by atoms with van der Waals surface area (Å²) < 4.78 is 11.3. The van der Waals surface area contributed by atoms with E-state index in [-0.39, 0.29) is 12.3 Å². The summed E-state index contributed by atoms with van der Waals surface area (Å²) in [5.41, 5.74) is 2.04. The van der Waals surface area contributed by atoms with Crippen molar-refractivity contribution in [2.45, 2.75) is 13.5 Å². The van der Waals surface area contributed by atoms with E-state index in [2.05, 4.69) is 26.6 Å². The predicted molar refractivity (Wildman–Crippen MR) is 106 cm³/mol. The monoisotopic (exact) mass is 444 g/mol. The maximum absolute atomic E-state index is 12.2. The van der Waals surface area contributed by atoms with Gasteiger partial charge in [0, 0.05) is 22.0 Å². The molecule has 3 aromatic rings. The zero-order valence-electron chi connectivity index (χ0n) is 15.0. The molecule has 0 aliphatic heterocycles. The Morgan fingerprint density at radius 2 is 1.86 bits per heavy atom. The van der Waals surface area contributed by atoms with Crippen LogP contribution in [-0.2, 0) is 16.1 Å². The number of hydrogen-bond donors (Lipinski definition) is 2. The summed E-state index contributed by atoms with van der Waals surface area (Å²) in [7, 11) is 0. The fourth-order valence-electron chi connectivity index (χ4n) is 2.57. The second-order valence-corrected chi connectivity index (χ2v) is 6.90. The van der Waals surface area contributed by atoms with Crippen LogP contribution in [0.15, 0.2) is 57.4 Å². The van der Waals surface area contributed by atoms with Crippen molar-refractivity contribution in [2.75, 3.05) is 6.61 Å². The molecule has 1 aromatic heterocycles. The Morgan fingerprint density at radius 3 is 2.61 bits per heavy atom. The van der Waals surface area contributed by atoms with E-state index in [9.17, 15) is 14.4 Å². The molecular formula is C20H17BrN2O5. The Morgan fingerprint density at radius 1 is 1.11 bits per heavy atom. The van der Waals surface area contributed by atoms with E-state index >= 15 is 0 Å². The number of halogens is 1. The van der Waals surface area contributed by atoms with Gasteiger partial charge in [-0.3, -0.25) is 10.1 Å². The Bertz CT molecular complexity index is 1030. The molecule has 0 unspecified atom stereocenters. The van der Waals surface area contributed by atoms with Gasteiger partial charge < -0.3 is 14.5 Å². The van der Waals surface area contributed by atoms with Crippen molar-refractivity contribution in [3.63, 3.8) is 0 Å². The lowest BCUT2D eigenvalue weighted by atomic mass is 10.1. The third kappa shape index (κ3) is 4.77. The Labute approximate surface area is 169 Å². The van der Waals surface area contributed by atoms with E-state index in [0.29, 0.717) is 11.1 Å². The molecule has 144 valence electrons. The third-order valence-electron chi connectivity index (χ3n) is 3.97. The molecule has 8 heteroatoms. The maximum Gasteiger partial charge on any atom is 0.375 e. The molecule has 0 saturated heterocycles. The molecule has 0 spiro atoms. The summed E-state index contributed by atoms with van der Waals surface area (Å²) >= 11 is 3.36. The minimum absolute atomic E-state index is 0.0226. The summed E-state index contributed by atoms with van der Waals surface area (Å²) in [5, 5.41) is 5.42. The summed E-state index contributed by atoms with van der Waals surface area (Å²) in [6, 6.07) is 13.9. The highest BCUT2D eigenvalue weighted by molar-refractivity contribution is 9.10. The van der Waals surface area contributed by atoms with Gasteiger partial charge in [0.25, 0.3) is 5.91 Å². The highest BCUT2D eigenvalue weighted by atomic mass is 79.9. The van der Waals surface area contributed by atoms with Crippen molar-refractivity contribution < 1.29 is 23.5 Å². The Kier molecular flexibility index (Phi) is 6.10. The number of ether oxygens (including phenoxy) is 1. The first-order valence-electron chi connectivity index (χ1n) is 8.41. The number of rotatable bonds is 5. The van der Waals surface area contributed by atoms with Gasteiger partial charge in [0.1, 0.15) is 5.58 Å². The largest absolute Gasteiger partial charge is 0.450 e. The zero-order valence-corrected chi connectivity index (χ0v) is 16.5. The first kappa shape index (κ1) is 19.6. The lowest BCUT2D eigenvalue weighted by Crippen LogP contribution is -2.41. The lowest BCUT2D eigenvalue weighted by molar-refractivity contribution is -0.123. The Balaban J connectivity index is 1.51. The molecule has 0 saturated carbocycles. The van der Waals surface area contributed by atoms with Crippen molar-refractivity contribution in [3.05, 3.63) is 69.9 Å². The SMILES string of the molecule is Cc1c(C(=O)OCC(=O)NC(=O)NCc2ccccc2)oc2ccc(Br)cc12. The van der Waals surface area contributed by atoms with E-state index in [4.69, 9.17) is 9.15 Å². The van der Waals surface area contributed by atoms with Gasteiger partial charge >= 0.3 is 12.0 Å². The van der Waals surface area contributed by atoms with E-state index in [1.807, 2.05) is 36.4 Å². The number of carbonyl (C=O) groups excluding carboxylic acids is 3. The van der Waals surface area contributed by atoms with Crippen LogP contribution < -0.4 is 10.6 Å². The number of aryl methyl sites for hydroxylation is 1. The van der Waals surface area contributed by atoms with Crippen molar-refractivity contribution in [2.24, 2.45) is 0 Å². The minimum Gasteiger partial charge on any atom is -0.450 e. The number of furan rings is 1. The topological polar surface area (TPSA) is 97.6 Å². The minimum atomic E-state index is -0.773. The van der Waals surface area contributed by atoms with Crippen molar-refractivity contribution in [3.8, 4) is 0 Å². The second-order valence-electron chi connectivity index (χ2n) is 5.99. The average Bonchev–Trinajstić information content (AvgIpc) is 3.01. The first-order chi connectivity index (χ1) is 13.4. The highest BCUT2D eigenvalue weighted by Gasteiger charge is 2.20. The number of urea groups is 1. The molecule has 3 rings (SSSR count). The number of benzene rings is 2. The smallest absolute Gasteiger partial charge is 0.375 e. The van der Waals surface area contributed by atoms with Gasteiger partial charge in [-0.15, -0.1) is 0 Å². The molecule has 1 heterocycles. The van der Waals surface area contributed by atoms with Gasteiger partial charge in [-0.2, -0.15) is 0 Å². The molecule has 28 heavy (non-hydrogen) atoms. The van der Waals surface area contributed by atoms with Crippen LogP contribution >= 0.6 is 15.9 Å².